The van der Waals surface area contributed by atoms with Crippen molar-refractivity contribution >= 4 is 5.69 Å². The van der Waals surface area contributed by atoms with E-state index in [0.29, 0.717) is 13.4 Å². The molecule has 2 heterocycles. The first-order valence-electron chi connectivity index (χ1n) is 7.60. The Morgan fingerprint density at radius 2 is 2.19 bits per heavy atom. The fourth-order valence-corrected chi connectivity index (χ4v) is 3.16. The maximum absolute atomic E-state index is 10.2. The van der Waals surface area contributed by atoms with Crippen LogP contribution in [0.4, 0.5) is 5.69 Å². The number of nitrogen functional groups attached to an aromatic ring is 1. The molecule has 0 aromatic heterocycles. The molecule has 1 unspecified atom stereocenters. The van der Waals surface area contributed by atoms with Crippen LogP contribution in [0, 0.1) is 0 Å². The Morgan fingerprint density at radius 3 is 3.05 bits per heavy atom. The molecule has 2 aliphatic heterocycles. The van der Waals surface area contributed by atoms with E-state index < -0.39 is 5.60 Å². The summed E-state index contributed by atoms with van der Waals surface area (Å²) in [5.41, 5.74) is 8.35. The SMILES string of the molecule is CC1(O)CCCN(Cc2cc(N)cc3c2OCOC3)CC1. The number of likely N-dealkylation sites (tertiary alicyclic amines) is 1. The third-order valence-corrected chi connectivity index (χ3v) is 4.36. The minimum absolute atomic E-state index is 0.304. The molecule has 0 amide bonds. The number of nitrogens with two attached hydrogens (primary N) is 1. The standard InChI is InChI=1S/C16H24N2O3/c1-16(19)3-2-5-18(6-4-16)9-12-7-14(17)8-13-10-20-11-21-15(12)13/h7-8,19H,2-6,9-11,17H2,1H3. The lowest BCUT2D eigenvalue weighted by molar-refractivity contribution is -0.0174. The van der Waals surface area contributed by atoms with Crippen LogP contribution in [0.3, 0.4) is 0 Å². The minimum atomic E-state index is -0.533. The quantitative estimate of drug-likeness (QED) is 0.815. The highest BCUT2D eigenvalue weighted by atomic mass is 16.7. The molecule has 1 saturated heterocycles. The van der Waals surface area contributed by atoms with Gasteiger partial charge in [0, 0.05) is 29.9 Å². The van der Waals surface area contributed by atoms with Gasteiger partial charge in [0.25, 0.3) is 0 Å². The Morgan fingerprint density at radius 1 is 1.33 bits per heavy atom. The molecular weight excluding hydrogens is 268 g/mol. The van der Waals surface area contributed by atoms with Crippen molar-refractivity contribution in [3.05, 3.63) is 23.3 Å². The number of anilines is 1. The van der Waals surface area contributed by atoms with Crippen molar-refractivity contribution in [2.75, 3.05) is 25.6 Å². The summed E-state index contributed by atoms with van der Waals surface area (Å²) in [4.78, 5) is 2.37. The van der Waals surface area contributed by atoms with Crippen LogP contribution in [0.25, 0.3) is 0 Å². The van der Waals surface area contributed by atoms with E-state index in [-0.39, 0.29) is 0 Å². The summed E-state index contributed by atoms with van der Waals surface area (Å²) in [7, 11) is 0. The summed E-state index contributed by atoms with van der Waals surface area (Å²) < 4.78 is 11.0. The second-order valence-electron chi connectivity index (χ2n) is 6.41. The molecule has 1 fully saturated rings. The van der Waals surface area contributed by atoms with Crippen molar-refractivity contribution in [3.63, 3.8) is 0 Å². The van der Waals surface area contributed by atoms with E-state index in [0.717, 1.165) is 61.5 Å². The van der Waals surface area contributed by atoms with Gasteiger partial charge in [-0.1, -0.05) is 0 Å². The van der Waals surface area contributed by atoms with Gasteiger partial charge < -0.3 is 20.3 Å². The molecule has 5 heteroatoms. The van der Waals surface area contributed by atoms with Gasteiger partial charge in [0.1, 0.15) is 5.75 Å². The molecule has 21 heavy (non-hydrogen) atoms. The van der Waals surface area contributed by atoms with Gasteiger partial charge in [-0.05, 0) is 44.9 Å². The van der Waals surface area contributed by atoms with Crippen LogP contribution in [-0.2, 0) is 17.9 Å². The van der Waals surface area contributed by atoms with E-state index in [9.17, 15) is 5.11 Å². The Labute approximate surface area is 125 Å². The van der Waals surface area contributed by atoms with Gasteiger partial charge in [0.15, 0.2) is 6.79 Å². The van der Waals surface area contributed by atoms with Crippen molar-refractivity contribution in [2.24, 2.45) is 0 Å². The van der Waals surface area contributed by atoms with E-state index in [1.807, 2.05) is 19.1 Å². The van der Waals surface area contributed by atoms with Crippen LogP contribution < -0.4 is 10.5 Å². The molecule has 0 radical (unpaired) electrons. The average molecular weight is 292 g/mol. The number of fused-ring (bicyclic) bond motifs is 1. The van der Waals surface area contributed by atoms with Crippen LogP contribution in [0.1, 0.15) is 37.3 Å². The van der Waals surface area contributed by atoms with E-state index in [1.165, 1.54) is 0 Å². The van der Waals surface area contributed by atoms with E-state index in [1.54, 1.807) is 0 Å². The highest BCUT2D eigenvalue weighted by Crippen LogP contribution is 2.32. The molecule has 116 valence electrons. The monoisotopic (exact) mass is 292 g/mol. The molecule has 3 N–H and O–H groups in total. The van der Waals surface area contributed by atoms with Crippen LogP contribution in [0.5, 0.6) is 5.75 Å². The molecule has 1 aromatic rings. The summed E-state index contributed by atoms with van der Waals surface area (Å²) in [6.45, 7) is 5.49. The zero-order chi connectivity index (χ0) is 14.9. The second-order valence-corrected chi connectivity index (χ2v) is 6.41. The molecule has 1 aromatic carbocycles. The van der Waals surface area contributed by atoms with Gasteiger partial charge in [-0.3, -0.25) is 4.90 Å². The fraction of sp³-hybridized carbons (Fsp3) is 0.625. The highest BCUT2D eigenvalue weighted by Gasteiger charge is 2.26. The first kappa shape index (κ1) is 14.6. The summed E-state index contributed by atoms with van der Waals surface area (Å²) in [5, 5.41) is 10.2. The lowest BCUT2D eigenvalue weighted by Crippen LogP contribution is -2.28. The van der Waals surface area contributed by atoms with Crippen molar-refractivity contribution in [1.82, 2.24) is 4.90 Å². The number of hydrogen-bond acceptors (Lipinski definition) is 5. The fourth-order valence-electron chi connectivity index (χ4n) is 3.16. The Bertz CT molecular complexity index is 516. The predicted molar refractivity (Wildman–Crippen MR) is 80.9 cm³/mol. The highest BCUT2D eigenvalue weighted by molar-refractivity contribution is 5.53. The van der Waals surface area contributed by atoms with Crippen LogP contribution in [0.15, 0.2) is 12.1 Å². The Balaban J connectivity index is 1.77. The first-order chi connectivity index (χ1) is 10.0. The van der Waals surface area contributed by atoms with E-state index >= 15 is 0 Å². The molecule has 0 spiro atoms. The number of aliphatic hydroxyl groups is 1. The molecule has 2 aliphatic rings. The number of nitrogens with zero attached hydrogens (tertiary/aromatic N) is 1. The lowest BCUT2D eigenvalue weighted by atomic mass is 9.98. The van der Waals surface area contributed by atoms with Gasteiger partial charge in [-0.15, -0.1) is 0 Å². The molecule has 3 rings (SSSR count). The minimum Gasteiger partial charge on any atom is -0.467 e. The van der Waals surface area contributed by atoms with Crippen molar-refractivity contribution in [2.45, 2.75) is 44.9 Å². The second kappa shape index (κ2) is 5.83. The summed E-state index contributed by atoms with van der Waals surface area (Å²) >= 11 is 0. The zero-order valence-electron chi connectivity index (χ0n) is 12.6. The van der Waals surface area contributed by atoms with Crippen molar-refractivity contribution in [1.29, 1.82) is 0 Å². The van der Waals surface area contributed by atoms with Gasteiger partial charge in [-0.25, -0.2) is 0 Å². The van der Waals surface area contributed by atoms with E-state index in [4.69, 9.17) is 15.2 Å². The summed E-state index contributed by atoms with van der Waals surface area (Å²) in [5.74, 6) is 0.923. The third-order valence-electron chi connectivity index (χ3n) is 4.36. The van der Waals surface area contributed by atoms with Crippen LogP contribution >= 0.6 is 0 Å². The molecule has 0 aliphatic carbocycles. The Kier molecular flexibility index (Phi) is 4.06. The van der Waals surface area contributed by atoms with Crippen molar-refractivity contribution in [3.8, 4) is 5.75 Å². The average Bonchev–Trinajstić information content (AvgIpc) is 2.60. The lowest BCUT2D eigenvalue weighted by Gasteiger charge is -2.26. The Hall–Kier alpha value is -1.30. The number of rotatable bonds is 2. The van der Waals surface area contributed by atoms with Gasteiger partial charge in [0.05, 0.1) is 12.2 Å². The summed E-state index contributed by atoms with van der Waals surface area (Å²) in [6.07, 6.45) is 2.69. The molecule has 0 bridgehead atoms. The van der Waals surface area contributed by atoms with Crippen molar-refractivity contribution < 1.29 is 14.6 Å². The smallest absolute Gasteiger partial charge is 0.189 e. The zero-order valence-corrected chi connectivity index (χ0v) is 12.6. The number of ether oxygens (including phenoxy) is 2. The van der Waals surface area contributed by atoms with Gasteiger partial charge in [-0.2, -0.15) is 0 Å². The van der Waals surface area contributed by atoms with E-state index in [2.05, 4.69) is 4.90 Å². The summed E-state index contributed by atoms with van der Waals surface area (Å²) in [6, 6.07) is 3.92. The van der Waals surface area contributed by atoms with Gasteiger partial charge >= 0.3 is 0 Å². The topological polar surface area (TPSA) is 68.0 Å². The molecule has 0 saturated carbocycles. The number of hydrogen-bond donors (Lipinski definition) is 2. The first-order valence-corrected chi connectivity index (χ1v) is 7.60. The largest absolute Gasteiger partial charge is 0.467 e. The molecule has 1 atom stereocenters. The maximum atomic E-state index is 10.2. The third kappa shape index (κ3) is 3.48. The normalized spacial score (nSPS) is 26.8. The number of benzene rings is 1. The van der Waals surface area contributed by atoms with Gasteiger partial charge in [0.2, 0.25) is 0 Å². The van der Waals surface area contributed by atoms with Crippen LogP contribution in [0.2, 0.25) is 0 Å². The molecular formula is C16H24N2O3. The maximum Gasteiger partial charge on any atom is 0.189 e. The van der Waals surface area contributed by atoms with Crippen LogP contribution in [-0.4, -0.2) is 35.5 Å². The molecule has 5 nitrogen and oxygen atoms in total. The predicted octanol–water partition coefficient (Wildman–Crippen LogP) is 1.87.